The number of halogens is 1. The molecule has 0 aromatic heterocycles. The summed E-state index contributed by atoms with van der Waals surface area (Å²) in [6.07, 6.45) is -0.746. The Morgan fingerprint density at radius 2 is 1.65 bits per heavy atom. The normalized spacial score (nSPS) is 11.9. The minimum absolute atomic E-state index is 0.110. The number of anilines is 1. The molecule has 0 heterocycles. The highest BCUT2D eigenvalue weighted by molar-refractivity contribution is 6.32. The SMILES string of the molecule is Nc1ccc(OCC(O)COc2ccccc2Cl)cc1. The maximum Gasteiger partial charge on any atom is 0.138 e. The Bertz CT molecular complexity index is 545. The Kier molecular flexibility index (Phi) is 5.09. The third-order valence-electron chi connectivity index (χ3n) is 2.59. The molecule has 4 nitrogen and oxygen atoms in total. The molecule has 0 spiro atoms. The van der Waals surface area contributed by atoms with Crippen molar-refractivity contribution in [1.29, 1.82) is 0 Å². The number of nitrogens with two attached hydrogens (primary N) is 1. The monoisotopic (exact) mass is 293 g/mol. The van der Waals surface area contributed by atoms with E-state index in [-0.39, 0.29) is 13.2 Å². The molecular formula is C15H16ClNO3. The molecule has 0 aliphatic heterocycles. The zero-order valence-electron chi connectivity index (χ0n) is 10.8. The zero-order chi connectivity index (χ0) is 14.4. The predicted octanol–water partition coefficient (Wildman–Crippen LogP) is 2.74. The van der Waals surface area contributed by atoms with Gasteiger partial charge in [-0.15, -0.1) is 0 Å². The van der Waals surface area contributed by atoms with Gasteiger partial charge in [-0.1, -0.05) is 23.7 Å². The van der Waals surface area contributed by atoms with E-state index in [2.05, 4.69) is 0 Å². The van der Waals surface area contributed by atoms with Crippen LogP contribution in [0.15, 0.2) is 48.5 Å². The second-order valence-corrected chi connectivity index (χ2v) is 4.68. The molecule has 0 amide bonds. The first-order valence-corrected chi connectivity index (χ1v) is 6.56. The molecule has 0 saturated carbocycles. The molecule has 0 fully saturated rings. The first kappa shape index (κ1) is 14.5. The van der Waals surface area contributed by atoms with Crippen molar-refractivity contribution in [2.24, 2.45) is 0 Å². The van der Waals surface area contributed by atoms with Crippen LogP contribution in [0.1, 0.15) is 0 Å². The van der Waals surface area contributed by atoms with E-state index in [9.17, 15) is 5.11 Å². The highest BCUT2D eigenvalue weighted by atomic mass is 35.5. The molecule has 0 saturated heterocycles. The molecule has 0 bridgehead atoms. The van der Waals surface area contributed by atoms with E-state index in [4.69, 9.17) is 26.8 Å². The second-order valence-electron chi connectivity index (χ2n) is 4.28. The van der Waals surface area contributed by atoms with Crippen LogP contribution in [-0.2, 0) is 0 Å². The lowest BCUT2D eigenvalue weighted by molar-refractivity contribution is 0.0627. The zero-order valence-corrected chi connectivity index (χ0v) is 11.6. The highest BCUT2D eigenvalue weighted by Crippen LogP contribution is 2.23. The number of aliphatic hydroxyl groups excluding tert-OH is 1. The van der Waals surface area contributed by atoms with Crippen molar-refractivity contribution >= 4 is 17.3 Å². The summed E-state index contributed by atoms with van der Waals surface area (Å²) in [5, 5.41) is 10.3. The van der Waals surface area contributed by atoms with Crippen LogP contribution in [0.5, 0.6) is 11.5 Å². The Hall–Kier alpha value is -1.91. The van der Waals surface area contributed by atoms with Crippen LogP contribution in [0.2, 0.25) is 5.02 Å². The second kappa shape index (κ2) is 7.03. The maximum absolute atomic E-state index is 9.80. The van der Waals surface area contributed by atoms with E-state index in [0.717, 1.165) is 0 Å². The van der Waals surface area contributed by atoms with Crippen molar-refractivity contribution in [2.45, 2.75) is 6.10 Å². The van der Waals surface area contributed by atoms with Crippen LogP contribution in [0.4, 0.5) is 5.69 Å². The van der Waals surface area contributed by atoms with E-state index in [1.165, 1.54) is 0 Å². The van der Waals surface area contributed by atoms with Gasteiger partial charge in [-0.25, -0.2) is 0 Å². The molecule has 0 radical (unpaired) electrons. The minimum atomic E-state index is -0.746. The number of para-hydroxylation sites is 1. The number of rotatable bonds is 6. The van der Waals surface area contributed by atoms with Crippen molar-refractivity contribution in [3.63, 3.8) is 0 Å². The van der Waals surface area contributed by atoms with Crippen LogP contribution in [0, 0.1) is 0 Å². The van der Waals surface area contributed by atoms with Gasteiger partial charge in [0.05, 0.1) is 5.02 Å². The van der Waals surface area contributed by atoms with Gasteiger partial charge in [-0.05, 0) is 36.4 Å². The van der Waals surface area contributed by atoms with Crippen LogP contribution in [0.25, 0.3) is 0 Å². The molecule has 20 heavy (non-hydrogen) atoms. The first-order chi connectivity index (χ1) is 9.65. The van der Waals surface area contributed by atoms with Gasteiger partial charge >= 0.3 is 0 Å². The Balaban J connectivity index is 1.77. The van der Waals surface area contributed by atoms with Gasteiger partial charge in [-0.2, -0.15) is 0 Å². The molecular weight excluding hydrogens is 278 g/mol. The average Bonchev–Trinajstić information content (AvgIpc) is 2.46. The fraction of sp³-hybridized carbons (Fsp3) is 0.200. The Morgan fingerprint density at radius 1 is 1.00 bits per heavy atom. The summed E-state index contributed by atoms with van der Waals surface area (Å²) in [5.41, 5.74) is 6.24. The minimum Gasteiger partial charge on any atom is -0.491 e. The van der Waals surface area contributed by atoms with Crippen molar-refractivity contribution in [2.75, 3.05) is 18.9 Å². The number of hydrogen-bond donors (Lipinski definition) is 2. The van der Waals surface area contributed by atoms with Gasteiger partial charge in [0.25, 0.3) is 0 Å². The lowest BCUT2D eigenvalue weighted by Crippen LogP contribution is -2.25. The van der Waals surface area contributed by atoms with Crippen LogP contribution >= 0.6 is 11.6 Å². The van der Waals surface area contributed by atoms with Gasteiger partial charge in [0.2, 0.25) is 0 Å². The molecule has 1 unspecified atom stereocenters. The Morgan fingerprint density at radius 3 is 2.35 bits per heavy atom. The van der Waals surface area contributed by atoms with Gasteiger partial charge in [-0.3, -0.25) is 0 Å². The summed E-state index contributed by atoms with van der Waals surface area (Å²) in [6.45, 7) is 0.243. The number of nitrogen functional groups attached to an aromatic ring is 1. The average molecular weight is 294 g/mol. The fourth-order valence-corrected chi connectivity index (χ4v) is 1.74. The number of benzene rings is 2. The van der Waals surface area contributed by atoms with Crippen molar-refractivity contribution < 1.29 is 14.6 Å². The summed E-state index contributed by atoms with van der Waals surface area (Å²) in [5.74, 6) is 1.19. The van der Waals surface area contributed by atoms with Gasteiger partial charge < -0.3 is 20.3 Å². The summed E-state index contributed by atoms with van der Waals surface area (Å²) in [4.78, 5) is 0. The standard InChI is InChI=1S/C15H16ClNO3/c16-14-3-1-2-4-15(14)20-10-12(18)9-19-13-7-5-11(17)6-8-13/h1-8,12,18H,9-10,17H2. The van der Waals surface area contributed by atoms with E-state index in [1.807, 2.05) is 12.1 Å². The molecule has 2 aromatic carbocycles. The van der Waals surface area contributed by atoms with Crippen molar-refractivity contribution in [3.05, 3.63) is 53.6 Å². The quantitative estimate of drug-likeness (QED) is 0.804. The molecule has 5 heteroatoms. The Labute approximate surface area is 122 Å². The summed E-state index contributed by atoms with van der Waals surface area (Å²) in [6, 6.07) is 14.1. The lowest BCUT2D eigenvalue weighted by Gasteiger charge is -2.14. The molecule has 106 valence electrons. The topological polar surface area (TPSA) is 64.7 Å². The lowest BCUT2D eigenvalue weighted by atomic mass is 10.3. The van der Waals surface area contributed by atoms with E-state index in [1.54, 1.807) is 36.4 Å². The van der Waals surface area contributed by atoms with E-state index < -0.39 is 6.10 Å². The summed E-state index contributed by atoms with van der Waals surface area (Å²) < 4.78 is 10.8. The first-order valence-electron chi connectivity index (χ1n) is 6.19. The van der Waals surface area contributed by atoms with Gasteiger partial charge in [0.1, 0.15) is 30.8 Å². The van der Waals surface area contributed by atoms with Gasteiger partial charge in [0.15, 0.2) is 0 Å². The fourth-order valence-electron chi connectivity index (χ4n) is 1.55. The smallest absolute Gasteiger partial charge is 0.138 e. The van der Waals surface area contributed by atoms with Gasteiger partial charge in [0, 0.05) is 5.69 Å². The van der Waals surface area contributed by atoms with Crippen molar-refractivity contribution in [1.82, 2.24) is 0 Å². The molecule has 3 N–H and O–H groups in total. The predicted molar refractivity (Wildman–Crippen MR) is 79.3 cm³/mol. The molecule has 0 aliphatic carbocycles. The van der Waals surface area contributed by atoms with Crippen LogP contribution in [-0.4, -0.2) is 24.4 Å². The third kappa shape index (κ3) is 4.33. The number of aliphatic hydroxyl groups is 1. The van der Waals surface area contributed by atoms with Crippen LogP contribution < -0.4 is 15.2 Å². The van der Waals surface area contributed by atoms with Crippen LogP contribution in [0.3, 0.4) is 0 Å². The molecule has 0 aliphatic rings. The highest BCUT2D eigenvalue weighted by Gasteiger charge is 2.08. The maximum atomic E-state index is 9.80. The summed E-state index contributed by atoms with van der Waals surface area (Å²) >= 11 is 5.95. The van der Waals surface area contributed by atoms with E-state index >= 15 is 0 Å². The number of ether oxygens (including phenoxy) is 2. The van der Waals surface area contributed by atoms with E-state index in [0.29, 0.717) is 22.2 Å². The molecule has 1 atom stereocenters. The molecule has 2 aromatic rings. The largest absolute Gasteiger partial charge is 0.491 e. The van der Waals surface area contributed by atoms with Crippen molar-refractivity contribution in [3.8, 4) is 11.5 Å². The number of hydrogen-bond acceptors (Lipinski definition) is 4. The summed E-state index contributed by atoms with van der Waals surface area (Å²) in [7, 11) is 0. The third-order valence-corrected chi connectivity index (χ3v) is 2.90. The molecule has 2 rings (SSSR count).